The first kappa shape index (κ1) is 19.5. The Balaban J connectivity index is 1.67. The van der Waals surface area contributed by atoms with Crippen LogP contribution in [0.25, 0.3) is 11.3 Å². The third kappa shape index (κ3) is 7.28. The molecule has 6 heteroatoms. The van der Waals surface area contributed by atoms with Crippen LogP contribution in [0.1, 0.15) is 25.7 Å². The van der Waals surface area contributed by atoms with Gasteiger partial charge in [0.15, 0.2) is 0 Å². The topological polar surface area (TPSA) is 50.2 Å². The van der Waals surface area contributed by atoms with Crippen LogP contribution in [0.5, 0.6) is 0 Å². The number of hydrogen-bond acceptors (Lipinski definition) is 3. The predicted octanol–water partition coefficient (Wildman–Crippen LogP) is 3.44. The molecule has 2 rings (SSSR count). The van der Waals surface area contributed by atoms with Gasteiger partial charge < -0.3 is 10.2 Å². The highest BCUT2D eigenvalue weighted by molar-refractivity contribution is 6.30. The minimum absolute atomic E-state index is 0.00552. The Morgan fingerprint density at radius 3 is 2.76 bits per heavy atom. The van der Waals surface area contributed by atoms with Crippen LogP contribution in [0.15, 0.2) is 36.5 Å². The van der Waals surface area contributed by atoms with Crippen LogP contribution in [0.4, 0.5) is 0 Å². The van der Waals surface area contributed by atoms with Crippen molar-refractivity contribution in [2.75, 3.05) is 27.2 Å². The second-order valence-corrected chi connectivity index (χ2v) is 6.91. The van der Waals surface area contributed by atoms with E-state index in [9.17, 15) is 4.79 Å². The number of carbonyl (C=O) groups is 1. The Bertz CT molecular complexity index is 669. The van der Waals surface area contributed by atoms with Gasteiger partial charge in [0.25, 0.3) is 0 Å². The van der Waals surface area contributed by atoms with Crippen LogP contribution >= 0.6 is 11.6 Å². The van der Waals surface area contributed by atoms with E-state index < -0.39 is 0 Å². The molecule has 0 atom stereocenters. The Kier molecular flexibility index (Phi) is 7.95. The molecule has 0 radical (unpaired) electrons. The third-order valence-corrected chi connectivity index (χ3v) is 4.16. The first-order valence-corrected chi connectivity index (χ1v) is 9.13. The quantitative estimate of drug-likeness (QED) is 0.659. The van der Waals surface area contributed by atoms with Gasteiger partial charge in [-0.05, 0) is 51.7 Å². The molecule has 5 nitrogen and oxygen atoms in total. The van der Waals surface area contributed by atoms with Crippen molar-refractivity contribution in [1.82, 2.24) is 20.0 Å². The highest BCUT2D eigenvalue weighted by Gasteiger charge is 2.06. The maximum atomic E-state index is 12.0. The van der Waals surface area contributed by atoms with E-state index >= 15 is 0 Å². The molecule has 25 heavy (non-hydrogen) atoms. The fraction of sp³-hybridized carbons (Fsp3) is 0.474. The van der Waals surface area contributed by atoms with Gasteiger partial charge >= 0.3 is 0 Å². The highest BCUT2D eigenvalue weighted by atomic mass is 35.5. The maximum Gasteiger partial charge on any atom is 0.241 e. The zero-order valence-electron chi connectivity index (χ0n) is 15.0. The minimum Gasteiger partial charge on any atom is -0.354 e. The number of nitrogens with zero attached hydrogens (tertiary/aromatic N) is 3. The molecule has 0 spiro atoms. The number of aromatic nitrogens is 2. The number of rotatable bonds is 10. The van der Waals surface area contributed by atoms with Crippen molar-refractivity contribution in [3.8, 4) is 11.3 Å². The first-order valence-electron chi connectivity index (χ1n) is 8.75. The van der Waals surface area contributed by atoms with Gasteiger partial charge in [0.1, 0.15) is 6.54 Å². The molecular weight excluding hydrogens is 336 g/mol. The van der Waals surface area contributed by atoms with E-state index in [4.69, 9.17) is 11.6 Å². The highest BCUT2D eigenvalue weighted by Crippen LogP contribution is 2.20. The molecule has 0 saturated carbocycles. The first-order chi connectivity index (χ1) is 12.0. The van der Waals surface area contributed by atoms with E-state index in [1.54, 1.807) is 4.68 Å². The summed E-state index contributed by atoms with van der Waals surface area (Å²) in [4.78, 5) is 14.2. The summed E-state index contributed by atoms with van der Waals surface area (Å²) in [5.41, 5.74) is 1.76. The van der Waals surface area contributed by atoms with E-state index in [0.717, 1.165) is 37.2 Å². The maximum absolute atomic E-state index is 12.0. The Morgan fingerprint density at radius 1 is 1.20 bits per heavy atom. The molecule has 0 aliphatic carbocycles. The standard InChI is InChI=1S/C19H27ClN4O/c1-23(2)12-6-4-3-5-11-21-19(25)15-24-13-10-18(22-24)16-8-7-9-17(20)14-16/h7-10,13-14H,3-6,11-12,15H2,1-2H3,(H,21,25). The van der Waals surface area contributed by atoms with Gasteiger partial charge in [-0.3, -0.25) is 9.48 Å². The molecule has 1 N–H and O–H groups in total. The van der Waals surface area contributed by atoms with Crippen LogP contribution in [0.2, 0.25) is 5.02 Å². The van der Waals surface area contributed by atoms with Gasteiger partial charge in [0.05, 0.1) is 5.69 Å². The number of amides is 1. The third-order valence-electron chi connectivity index (χ3n) is 3.92. The van der Waals surface area contributed by atoms with Crippen LogP contribution < -0.4 is 5.32 Å². The van der Waals surface area contributed by atoms with Gasteiger partial charge in [0, 0.05) is 23.3 Å². The van der Waals surface area contributed by atoms with Crippen molar-refractivity contribution in [1.29, 1.82) is 0 Å². The smallest absolute Gasteiger partial charge is 0.241 e. The van der Waals surface area contributed by atoms with Crippen LogP contribution in [0.3, 0.4) is 0 Å². The summed E-state index contributed by atoms with van der Waals surface area (Å²) in [6.07, 6.45) is 6.40. The lowest BCUT2D eigenvalue weighted by atomic mass is 10.2. The van der Waals surface area contributed by atoms with Crippen molar-refractivity contribution >= 4 is 17.5 Å². The molecule has 1 heterocycles. The molecule has 0 unspecified atom stereocenters. The summed E-state index contributed by atoms with van der Waals surface area (Å²) < 4.78 is 1.66. The Hall–Kier alpha value is -1.85. The van der Waals surface area contributed by atoms with Crippen LogP contribution in [0, 0.1) is 0 Å². The normalized spacial score (nSPS) is 11.0. The summed E-state index contributed by atoms with van der Waals surface area (Å²) in [6.45, 7) is 2.09. The Labute approximate surface area is 155 Å². The minimum atomic E-state index is -0.00552. The lowest BCUT2D eigenvalue weighted by Crippen LogP contribution is -2.28. The number of carbonyl (C=O) groups excluding carboxylic acids is 1. The van der Waals surface area contributed by atoms with E-state index in [-0.39, 0.29) is 12.5 Å². The van der Waals surface area contributed by atoms with Gasteiger partial charge in [0.2, 0.25) is 5.91 Å². The average molecular weight is 363 g/mol. The molecule has 0 saturated heterocycles. The number of unbranched alkanes of at least 4 members (excludes halogenated alkanes) is 3. The van der Waals surface area contributed by atoms with Crippen molar-refractivity contribution in [2.24, 2.45) is 0 Å². The van der Waals surface area contributed by atoms with Crippen molar-refractivity contribution in [3.63, 3.8) is 0 Å². The summed E-state index contributed by atoms with van der Waals surface area (Å²) in [7, 11) is 4.18. The summed E-state index contributed by atoms with van der Waals surface area (Å²) >= 11 is 6.00. The van der Waals surface area contributed by atoms with Crippen molar-refractivity contribution in [3.05, 3.63) is 41.6 Å². The van der Waals surface area contributed by atoms with E-state index in [1.807, 2.05) is 36.5 Å². The molecule has 1 aromatic heterocycles. The summed E-state index contributed by atoms with van der Waals surface area (Å²) in [6, 6.07) is 9.43. The molecule has 0 bridgehead atoms. The van der Waals surface area contributed by atoms with Gasteiger partial charge in [-0.1, -0.05) is 36.6 Å². The molecular formula is C19H27ClN4O. The summed E-state index contributed by atoms with van der Waals surface area (Å²) in [5, 5.41) is 8.07. The largest absolute Gasteiger partial charge is 0.354 e. The van der Waals surface area contributed by atoms with E-state index in [0.29, 0.717) is 5.02 Å². The summed E-state index contributed by atoms with van der Waals surface area (Å²) in [5.74, 6) is -0.00552. The van der Waals surface area contributed by atoms with Gasteiger partial charge in [-0.15, -0.1) is 0 Å². The molecule has 1 amide bonds. The zero-order valence-corrected chi connectivity index (χ0v) is 15.8. The molecule has 2 aromatic rings. The van der Waals surface area contributed by atoms with E-state index in [2.05, 4.69) is 29.4 Å². The Morgan fingerprint density at radius 2 is 2.00 bits per heavy atom. The number of benzene rings is 1. The number of nitrogens with one attached hydrogen (secondary N) is 1. The average Bonchev–Trinajstić information content (AvgIpc) is 3.02. The monoisotopic (exact) mass is 362 g/mol. The fourth-order valence-electron chi connectivity index (χ4n) is 2.59. The molecule has 0 aliphatic rings. The van der Waals surface area contributed by atoms with Crippen LogP contribution in [-0.4, -0.2) is 47.8 Å². The van der Waals surface area contributed by atoms with Crippen molar-refractivity contribution < 1.29 is 4.79 Å². The number of halogens is 1. The molecule has 136 valence electrons. The second-order valence-electron chi connectivity index (χ2n) is 6.48. The number of hydrogen-bond donors (Lipinski definition) is 1. The van der Waals surface area contributed by atoms with Gasteiger partial charge in [-0.25, -0.2) is 0 Å². The molecule has 1 aromatic carbocycles. The second kappa shape index (κ2) is 10.2. The SMILES string of the molecule is CN(C)CCCCCCNC(=O)Cn1ccc(-c2cccc(Cl)c2)n1. The van der Waals surface area contributed by atoms with Crippen LogP contribution in [-0.2, 0) is 11.3 Å². The zero-order chi connectivity index (χ0) is 18.1. The lowest BCUT2D eigenvalue weighted by Gasteiger charge is -2.09. The van der Waals surface area contributed by atoms with Gasteiger partial charge in [-0.2, -0.15) is 5.10 Å². The predicted molar refractivity (Wildman–Crippen MR) is 103 cm³/mol. The van der Waals surface area contributed by atoms with E-state index in [1.165, 1.54) is 12.8 Å². The molecule has 0 fully saturated rings. The molecule has 0 aliphatic heterocycles. The fourth-order valence-corrected chi connectivity index (χ4v) is 2.78. The lowest BCUT2D eigenvalue weighted by molar-refractivity contribution is -0.121. The van der Waals surface area contributed by atoms with Crippen molar-refractivity contribution in [2.45, 2.75) is 32.2 Å².